The van der Waals surface area contributed by atoms with E-state index in [1.807, 2.05) is 36.4 Å². The van der Waals surface area contributed by atoms with Crippen LogP contribution in [0, 0.1) is 0 Å². The Labute approximate surface area is 167 Å². The van der Waals surface area contributed by atoms with Crippen molar-refractivity contribution in [1.29, 1.82) is 0 Å². The number of pyridine rings is 1. The molecule has 146 valence electrons. The maximum Gasteiger partial charge on any atom is 0.265 e. The van der Waals surface area contributed by atoms with E-state index in [1.54, 1.807) is 18.3 Å². The van der Waals surface area contributed by atoms with Gasteiger partial charge in [-0.05, 0) is 68.0 Å². The number of hydrogen-bond acceptors (Lipinski definition) is 4. The Morgan fingerprint density at radius 2 is 1.79 bits per heavy atom. The highest BCUT2D eigenvalue weighted by atomic mass is 16.2. The number of nitrogens with one attached hydrogen (secondary N) is 1. The van der Waals surface area contributed by atoms with E-state index in [0.717, 1.165) is 36.7 Å². The van der Waals surface area contributed by atoms with Gasteiger partial charge in [0, 0.05) is 12.2 Å². The number of hydrogen-bond donors (Lipinski definition) is 1. The zero-order valence-electron chi connectivity index (χ0n) is 16.3. The largest absolute Gasteiger partial charge is 0.349 e. The van der Waals surface area contributed by atoms with Gasteiger partial charge in [0.1, 0.15) is 0 Å². The second kappa shape index (κ2) is 6.97. The van der Waals surface area contributed by atoms with Crippen LogP contribution in [0.15, 0.2) is 59.5 Å². The van der Waals surface area contributed by atoms with E-state index >= 15 is 0 Å². The van der Waals surface area contributed by atoms with Crippen molar-refractivity contribution in [3.8, 4) is 0 Å². The molecule has 2 aromatic carbocycles. The van der Waals surface area contributed by atoms with Crippen molar-refractivity contribution in [3.05, 3.63) is 70.6 Å². The fourth-order valence-corrected chi connectivity index (χ4v) is 4.11. The highest BCUT2D eigenvalue weighted by molar-refractivity contribution is 6.02. The number of fused-ring (bicyclic) bond motifs is 3. The van der Waals surface area contributed by atoms with Crippen molar-refractivity contribution in [1.82, 2.24) is 19.6 Å². The third kappa shape index (κ3) is 3.15. The van der Waals surface area contributed by atoms with Crippen LogP contribution in [0.25, 0.3) is 27.3 Å². The SMILES string of the molecule is CN1CCC(NC(=O)c2cccn3c(=O)c4cc5ccccc5cc4nc23)CC1. The summed E-state index contributed by atoms with van der Waals surface area (Å²) < 4.78 is 1.47. The molecule has 3 heterocycles. The van der Waals surface area contributed by atoms with Crippen LogP contribution in [0.3, 0.4) is 0 Å². The van der Waals surface area contributed by atoms with Crippen LogP contribution in [-0.2, 0) is 0 Å². The number of aromatic nitrogens is 2. The summed E-state index contributed by atoms with van der Waals surface area (Å²) in [5.41, 5.74) is 1.27. The van der Waals surface area contributed by atoms with Crippen molar-refractivity contribution in [2.45, 2.75) is 18.9 Å². The van der Waals surface area contributed by atoms with Gasteiger partial charge >= 0.3 is 0 Å². The highest BCUT2D eigenvalue weighted by Crippen LogP contribution is 2.21. The van der Waals surface area contributed by atoms with Crippen LogP contribution in [0.4, 0.5) is 0 Å². The van der Waals surface area contributed by atoms with Crippen molar-refractivity contribution in [2.75, 3.05) is 20.1 Å². The Hall–Kier alpha value is -3.25. The Kier molecular flexibility index (Phi) is 4.28. The molecule has 5 rings (SSSR count). The minimum atomic E-state index is -0.176. The van der Waals surface area contributed by atoms with Crippen LogP contribution in [-0.4, -0.2) is 46.4 Å². The molecule has 1 aliphatic heterocycles. The molecule has 0 bridgehead atoms. The maximum absolute atomic E-state index is 13.1. The number of amides is 1. The van der Waals surface area contributed by atoms with Crippen molar-refractivity contribution < 1.29 is 4.79 Å². The predicted octanol–water partition coefficient (Wildman–Crippen LogP) is 2.82. The lowest BCUT2D eigenvalue weighted by Gasteiger charge is -2.29. The lowest BCUT2D eigenvalue weighted by atomic mass is 10.0. The molecule has 0 aliphatic carbocycles. The van der Waals surface area contributed by atoms with Gasteiger partial charge in [0.2, 0.25) is 0 Å². The van der Waals surface area contributed by atoms with Crippen molar-refractivity contribution in [2.24, 2.45) is 0 Å². The van der Waals surface area contributed by atoms with Crippen LogP contribution in [0.5, 0.6) is 0 Å². The molecular formula is C23H22N4O2. The summed E-state index contributed by atoms with van der Waals surface area (Å²) in [6.45, 7) is 1.94. The predicted molar refractivity (Wildman–Crippen MR) is 114 cm³/mol. The normalized spacial score (nSPS) is 15.9. The summed E-state index contributed by atoms with van der Waals surface area (Å²) in [4.78, 5) is 33.1. The lowest BCUT2D eigenvalue weighted by molar-refractivity contribution is 0.0918. The molecule has 29 heavy (non-hydrogen) atoms. The lowest BCUT2D eigenvalue weighted by Crippen LogP contribution is -2.43. The summed E-state index contributed by atoms with van der Waals surface area (Å²) in [5.74, 6) is -0.176. The molecule has 0 saturated carbocycles. The molecule has 1 fully saturated rings. The molecule has 0 unspecified atom stereocenters. The molecule has 2 aromatic heterocycles. The third-order valence-corrected chi connectivity index (χ3v) is 5.81. The van der Waals surface area contributed by atoms with Gasteiger partial charge in [-0.25, -0.2) is 4.98 Å². The number of piperidine rings is 1. The van der Waals surface area contributed by atoms with Crippen LogP contribution >= 0.6 is 0 Å². The molecule has 0 radical (unpaired) electrons. The molecule has 6 heteroatoms. The molecule has 6 nitrogen and oxygen atoms in total. The van der Waals surface area contributed by atoms with Crippen molar-refractivity contribution in [3.63, 3.8) is 0 Å². The first-order valence-electron chi connectivity index (χ1n) is 9.93. The Bertz CT molecular complexity index is 1300. The van der Waals surface area contributed by atoms with E-state index < -0.39 is 0 Å². The molecule has 1 aliphatic rings. The minimum absolute atomic E-state index is 0.148. The molecule has 1 N–H and O–H groups in total. The number of carbonyl (C=O) groups is 1. The van der Waals surface area contributed by atoms with Crippen LogP contribution in [0.1, 0.15) is 23.2 Å². The monoisotopic (exact) mass is 386 g/mol. The van der Waals surface area contributed by atoms with Crippen molar-refractivity contribution >= 4 is 33.2 Å². The number of likely N-dealkylation sites (tertiary alicyclic amines) is 1. The first-order valence-corrected chi connectivity index (χ1v) is 9.93. The zero-order chi connectivity index (χ0) is 20.0. The van der Waals surface area contributed by atoms with Gasteiger partial charge in [-0.3, -0.25) is 14.0 Å². The Morgan fingerprint density at radius 1 is 1.07 bits per heavy atom. The topological polar surface area (TPSA) is 66.7 Å². The smallest absolute Gasteiger partial charge is 0.265 e. The first kappa shape index (κ1) is 17.8. The fraction of sp³-hybridized carbons (Fsp3) is 0.261. The minimum Gasteiger partial charge on any atom is -0.349 e. The molecule has 0 atom stereocenters. The van der Waals surface area contributed by atoms with Gasteiger partial charge in [0.25, 0.3) is 11.5 Å². The zero-order valence-corrected chi connectivity index (χ0v) is 16.3. The summed E-state index contributed by atoms with van der Waals surface area (Å²) in [5, 5.41) is 5.69. The van der Waals surface area contributed by atoms with E-state index in [-0.39, 0.29) is 17.5 Å². The van der Waals surface area contributed by atoms with Gasteiger partial charge in [-0.15, -0.1) is 0 Å². The fourth-order valence-electron chi connectivity index (χ4n) is 4.11. The molecule has 1 saturated heterocycles. The number of benzene rings is 2. The molecule has 1 amide bonds. The first-order chi connectivity index (χ1) is 14.1. The Morgan fingerprint density at radius 3 is 2.55 bits per heavy atom. The van der Waals surface area contributed by atoms with Gasteiger partial charge in [0.15, 0.2) is 5.65 Å². The van der Waals surface area contributed by atoms with Crippen LogP contribution in [0.2, 0.25) is 0 Å². The second-order valence-corrected chi connectivity index (χ2v) is 7.80. The summed E-state index contributed by atoms with van der Waals surface area (Å²) >= 11 is 0. The highest BCUT2D eigenvalue weighted by Gasteiger charge is 2.21. The summed E-state index contributed by atoms with van der Waals surface area (Å²) in [6.07, 6.45) is 3.52. The van der Waals surface area contributed by atoms with E-state index in [0.29, 0.717) is 22.1 Å². The standard InChI is InChI=1S/C23H22N4O2/c1-26-11-8-17(9-12-26)24-22(28)18-7-4-10-27-21(18)25-20-14-16-6-3-2-5-15(16)13-19(20)23(27)29/h2-7,10,13-14,17H,8-9,11-12H2,1H3,(H,24,28). The average molecular weight is 386 g/mol. The molecule has 0 spiro atoms. The summed E-state index contributed by atoms with van der Waals surface area (Å²) in [6, 6.07) is 15.3. The van der Waals surface area contributed by atoms with E-state index in [1.165, 1.54) is 4.40 Å². The van der Waals surface area contributed by atoms with Gasteiger partial charge in [-0.1, -0.05) is 24.3 Å². The van der Waals surface area contributed by atoms with Crippen LogP contribution < -0.4 is 10.9 Å². The molecular weight excluding hydrogens is 364 g/mol. The third-order valence-electron chi connectivity index (χ3n) is 5.81. The number of carbonyl (C=O) groups excluding carboxylic acids is 1. The van der Waals surface area contributed by atoms with E-state index in [4.69, 9.17) is 4.98 Å². The Balaban J connectivity index is 1.62. The van der Waals surface area contributed by atoms with Gasteiger partial charge < -0.3 is 10.2 Å². The summed E-state index contributed by atoms with van der Waals surface area (Å²) in [7, 11) is 2.09. The molecule has 4 aromatic rings. The number of nitrogens with zero attached hydrogens (tertiary/aromatic N) is 3. The maximum atomic E-state index is 13.1. The average Bonchev–Trinajstić information content (AvgIpc) is 2.74. The quantitative estimate of drug-likeness (QED) is 0.538. The number of rotatable bonds is 2. The van der Waals surface area contributed by atoms with E-state index in [2.05, 4.69) is 17.3 Å². The van der Waals surface area contributed by atoms with Gasteiger partial charge in [-0.2, -0.15) is 0 Å². The van der Waals surface area contributed by atoms with Gasteiger partial charge in [0.05, 0.1) is 16.5 Å². The van der Waals surface area contributed by atoms with E-state index in [9.17, 15) is 9.59 Å². The second-order valence-electron chi connectivity index (χ2n) is 7.80.